The number of para-hydroxylation sites is 1. The van der Waals surface area contributed by atoms with E-state index in [4.69, 9.17) is 9.47 Å². The van der Waals surface area contributed by atoms with E-state index in [1.807, 2.05) is 42.1 Å². The van der Waals surface area contributed by atoms with Gasteiger partial charge in [0.15, 0.2) is 0 Å². The van der Waals surface area contributed by atoms with Gasteiger partial charge in [-0.1, -0.05) is 18.2 Å². The summed E-state index contributed by atoms with van der Waals surface area (Å²) >= 11 is 0. The van der Waals surface area contributed by atoms with Crippen LogP contribution >= 0.6 is 0 Å². The minimum absolute atomic E-state index is 0.214. The fraction of sp³-hybridized carbons (Fsp3) is 0.286. The molecule has 2 aromatic rings. The van der Waals surface area contributed by atoms with Gasteiger partial charge < -0.3 is 14.0 Å². The van der Waals surface area contributed by atoms with E-state index in [0.717, 1.165) is 10.9 Å². The number of carbonyl (C=O) groups is 1. The molecule has 0 bridgehead atoms. The highest BCUT2D eigenvalue weighted by atomic mass is 16.7. The molecule has 0 spiro atoms. The SMILES string of the molecule is CCOC(=O)OC(C#N)c1cccc2ccn(C)c12. The molecule has 98 valence electrons. The third kappa shape index (κ3) is 2.52. The van der Waals surface area contributed by atoms with Gasteiger partial charge >= 0.3 is 6.16 Å². The van der Waals surface area contributed by atoms with Gasteiger partial charge in [-0.25, -0.2) is 4.79 Å². The normalized spacial score (nSPS) is 11.8. The zero-order chi connectivity index (χ0) is 13.8. The molecule has 0 saturated heterocycles. The van der Waals surface area contributed by atoms with Crippen molar-refractivity contribution < 1.29 is 14.3 Å². The molecular formula is C14H14N2O3. The van der Waals surface area contributed by atoms with Gasteiger partial charge in [-0.15, -0.1) is 0 Å². The summed E-state index contributed by atoms with van der Waals surface area (Å²) in [6, 6.07) is 9.47. The summed E-state index contributed by atoms with van der Waals surface area (Å²) in [5.74, 6) is 0. The summed E-state index contributed by atoms with van der Waals surface area (Å²) in [6.07, 6.45) is 0.0871. The third-order valence-electron chi connectivity index (χ3n) is 2.80. The number of nitriles is 1. The van der Waals surface area contributed by atoms with Crippen LogP contribution in [-0.4, -0.2) is 17.3 Å². The van der Waals surface area contributed by atoms with Crippen LogP contribution in [0.5, 0.6) is 0 Å². The fourth-order valence-corrected chi connectivity index (χ4v) is 2.01. The minimum Gasteiger partial charge on any atom is -0.435 e. The molecule has 1 aromatic carbocycles. The Hall–Kier alpha value is -2.48. The van der Waals surface area contributed by atoms with Crippen LogP contribution in [0.2, 0.25) is 0 Å². The number of hydrogen-bond acceptors (Lipinski definition) is 4. The summed E-state index contributed by atoms with van der Waals surface area (Å²) < 4.78 is 11.6. The molecule has 19 heavy (non-hydrogen) atoms. The van der Waals surface area contributed by atoms with Gasteiger partial charge in [-0.3, -0.25) is 0 Å². The molecule has 0 aliphatic heterocycles. The van der Waals surface area contributed by atoms with Crippen LogP contribution in [-0.2, 0) is 16.5 Å². The molecule has 0 aliphatic rings. The Morgan fingerprint density at radius 2 is 2.26 bits per heavy atom. The lowest BCUT2D eigenvalue weighted by Gasteiger charge is -2.13. The summed E-state index contributed by atoms with van der Waals surface area (Å²) in [7, 11) is 1.88. The molecule has 1 atom stereocenters. The number of carbonyl (C=O) groups excluding carboxylic acids is 1. The van der Waals surface area contributed by atoms with Gasteiger partial charge in [0.2, 0.25) is 6.10 Å². The average Bonchev–Trinajstić information content (AvgIpc) is 2.78. The maximum Gasteiger partial charge on any atom is 0.509 e. The summed E-state index contributed by atoms with van der Waals surface area (Å²) in [5.41, 5.74) is 1.53. The predicted octanol–water partition coefficient (Wildman–Crippen LogP) is 2.92. The van der Waals surface area contributed by atoms with Crippen molar-refractivity contribution in [2.75, 3.05) is 6.61 Å². The Bertz CT molecular complexity index is 640. The molecule has 0 saturated carbocycles. The number of fused-ring (bicyclic) bond motifs is 1. The Balaban J connectivity index is 2.39. The zero-order valence-corrected chi connectivity index (χ0v) is 10.8. The van der Waals surface area contributed by atoms with Crippen molar-refractivity contribution >= 4 is 17.1 Å². The van der Waals surface area contributed by atoms with Gasteiger partial charge in [0.1, 0.15) is 6.07 Å². The van der Waals surface area contributed by atoms with Crippen LogP contribution in [0.3, 0.4) is 0 Å². The summed E-state index contributed by atoms with van der Waals surface area (Å²) in [5, 5.41) is 10.2. The second-order valence-corrected chi connectivity index (χ2v) is 4.02. The van der Waals surface area contributed by atoms with Crippen molar-refractivity contribution in [1.29, 1.82) is 5.26 Å². The standard InChI is InChI=1S/C14H14N2O3/c1-3-18-14(17)19-12(9-15)11-6-4-5-10-7-8-16(2)13(10)11/h4-8,12H,3H2,1-2H3. The molecule has 1 aromatic heterocycles. The molecule has 1 heterocycles. The van der Waals surface area contributed by atoms with E-state index in [1.165, 1.54) is 0 Å². The number of aromatic nitrogens is 1. The van der Waals surface area contributed by atoms with Crippen LogP contribution in [0.1, 0.15) is 18.6 Å². The molecule has 1 unspecified atom stereocenters. The van der Waals surface area contributed by atoms with E-state index >= 15 is 0 Å². The van der Waals surface area contributed by atoms with Crippen molar-refractivity contribution in [3.63, 3.8) is 0 Å². The van der Waals surface area contributed by atoms with Crippen LogP contribution < -0.4 is 0 Å². The van der Waals surface area contributed by atoms with Gasteiger partial charge in [0, 0.05) is 24.2 Å². The van der Waals surface area contributed by atoms with Crippen molar-refractivity contribution in [2.45, 2.75) is 13.0 Å². The molecule has 0 radical (unpaired) electrons. The van der Waals surface area contributed by atoms with Crippen molar-refractivity contribution in [1.82, 2.24) is 4.57 Å². The Kier molecular flexibility index (Phi) is 3.71. The van der Waals surface area contributed by atoms with Gasteiger partial charge in [0.05, 0.1) is 12.1 Å². The summed E-state index contributed by atoms with van der Waals surface area (Å²) in [6.45, 7) is 1.89. The monoisotopic (exact) mass is 258 g/mol. The molecule has 0 N–H and O–H groups in total. The van der Waals surface area contributed by atoms with Crippen LogP contribution in [0.15, 0.2) is 30.5 Å². The van der Waals surface area contributed by atoms with E-state index in [2.05, 4.69) is 0 Å². The fourth-order valence-electron chi connectivity index (χ4n) is 2.01. The largest absolute Gasteiger partial charge is 0.509 e. The highest BCUT2D eigenvalue weighted by molar-refractivity contribution is 5.84. The molecule has 0 aliphatic carbocycles. The first-order chi connectivity index (χ1) is 9.17. The summed E-state index contributed by atoms with van der Waals surface area (Å²) in [4.78, 5) is 11.3. The Morgan fingerprint density at radius 1 is 1.47 bits per heavy atom. The first-order valence-electron chi connectivity index (χ1n) is 5.94. The van der Waals surface area contributed by atoms with E-state index < -0.39 is 12.3 Å². The van der Waals surface area contributed by atoms with Gasteiger partial charge in [-0.05, 0) is 13.0 Å². The quantitative estimate of drug-likeness (QED) is 0.794. The number of rotatable bonds is 3. The molecule has 0 fully saturated rings. The van der Waals surface area contributed by atoms with E-state index in [1.54, 1.807) is 13.0 Å². The predicted molar refractivity (Wildman–Crippen MR) is 69.4 cm³/mol. The maximum absolute atomic E-state index is 11.3. The lowest BCUT2D eigenvalue weighted by atomic mass is 10.1. The van der Waals surface area contributed by atoms with Gasteiger partial charge in [-0.2, -0.15) is 5.26 Å². The molecule has 2 rings (SSSR count). The first-order valence-corrected chi connectivity index (χ1v) is 5.94. The lowest BCUT2D eigenvalue weighted by molar-refractivity contribution is 0.0424. The maximum atomic E-state index is 11.3. The minimum atomic E-state index is -0.976. The van der Waals surface area contributed by atoms with Crippen molar-refractivity contribution in [3.05, 3.63) is 36.0 Å². The second-order valence-electron chi connectivity index (χ2n) is 4.02. The lowest BCUT2D eigenvalue weighted by Crippen LogP contribution is -2.12. The van der Waals surface area contributed by atoms with Crippen molar-refractivity contribution in [2.24, 2.45) is 7.05 Å². The zero-order valence-electron chi connectivity index (χ0n) is 10.8. The van der Waals surface area contributed by atoms with Crippen LogP contribution in [0.25, 0.3) is 10.9 Å². The molecule has 0 amide bonds. The topological polar surface area (TPSA) is 64.2 Å². The first kappa shape index (κ1) is 13.0. The van der Waals surface area contributed by atoms with E-state index in [0.29, 0.717) is 5.56 Å². The number of aryl methyl sites for hydroxylation is 1. The molecule has 5 nitrogen and oxygen atoms in total. The van der Waals surface area contributed by atoms with Crippen molar-refractivity contribution in [3.8, 4) is 6.07 Å². The Labute approximate surface area is 111 Å². The highest BCUT2D eigenvalue weighted by Crippen LogP contribution is 2.27. The number of ether oxygens (including phenoxy) is 2. The van der Waals surface area contributed by atoms with Gasteiger partial charge in [0.25, 0.3) is 0 Å². The number of hydrogen-bond donors (Lipinski definition) is 0. The third-order valence-corrected chi connectivity index (χ3v) is 2.80. The molecule has 5 heteroatoms. The average molecular weight is 258 g/mol. The van der Waals surface area contributed by atoms with E-state index in [9.17, 15) is 10.1 Å². The second kappa shape index (κ2) is 5.44. The highest BCUT2D eigenvalue weighted by Gasteiger charge is 2.20. The number of nitrogens with zero attached hydrogens (tertiary/aromatic N) is 2. The van der Waals surface area contributed by atoms with Crippen LogP contribution in [0.4, 0.5) is 4.79 Å². The number of benzene rings is 1. The Morgan fingerprint density at radius 3 is 2.95 bits per heavy atom. The van der Waals surface area contributed by atoms with Crippen LogP contribution in [0, 0.1) is 11.3 Å². The van der Waals surface area contributed by atoms with E-state index in [-0.39, 0.29) is 6.61 Å². The molecular weight excluding hydrogens is 244 g/mol. The smallest absolute Gasteiger partial charge is 0.435 e.